The van der Waals surface area contributed by atoms with Gasteiger partial charge < -0.3 is 5.32 Å². The van der Waals surface area contributed by atoms with E-state index in [2.05, 4.69) is 21.2 Å². The minimum Gasteiger partial charge on any atom is -0.352 e. The fourth-order valence-corrected chi connectivity index (χ4v) is 2.14. The summed E-state index contributed by atoms with van der Waals surface area (Å²) in [5.74, 6) is -0.841. The summed E-state index contributed by atoms with van der Waals surface area (Å²) in [7, 11) is 0. The average molecular weight is 359 g/mol. The molecule has 0 radical (unpaired) electrons. The lowest BCUT2D eigenvalue weighted by Crippen LogP contribution is -2.06. The van der Waals surface area contributed by atoms with Crippen molar-refractivity contribution in [1.29, 1.82) is 5.26 Å². The highest BCUT2D eigenvalue weighted by Crippen LogP contribution is 2.34. The van der Waals surface area contributed by atoms with E-state index in [1.54, 1.807) is 12.1 Å². The van der Waals surface area contributed by atoms with Crippen molar-refractivity contribution in [2.24, 2.45) is 0 Å². The minimum absolute atomic E-state index is 0.175. The normalized spacial score (nSPS) is 11.0. The molecule has 0 unspecified atom stereocenters. The summed E-state index contributed by atoms with van der Waals surface area (Å²) in [6.45, 7) is 0. The van der Waals surface area contributed by atoms with E-state index < -0.39 is 17.6 Å². The maximum atomic E-state index is 13.7. The fourth-order valence-electron chi connectivity index (χ4n) is 1.68. The molecule has 0 fully saturated rings. The van der Waals surface area contributed by atoms with Crippen molar-refractivity contribution in [3.63, 3.8) is 0 Å². The lowest BCUT2D eigenvalue weighted by atomic mass is 10.1. The van der Waals surface area contributed by atoms with Gasteiger partial charge in [0.2, 0.25) is 0 Å². The van der Waals surface area contributed by atoms with E-state index in [0.717, 1.165) is 6.07 Å². The van der Waals surface area contributed by atoms with Crippen molar-refractivity contribution >= 4 is 27.3 Å². The highest BCUT2D eigenvalue weighted by molar-refractivity contribution is 9.10. The number of benzene rings is 2. The fraction of sp³-hybridized carbons (Fsp3) is 0.0714. The van der Waals surface area contributed by atoms with E-state index in [4.69, 9.17) is 5.26 Å². The molecule has 0 saturated carbocycles. The molecule has 0 spiro atoms. The molecular weight excluding hydrogens is 352 g/mol. The van der Waals surface area contributed by atoms with Crippen LogP contribution in [0, 0.1) is 17.1 Å². The molecule has 0 bridgehead atoms. The molecule has 2 rings (SSSR count). The topological polar surface area (TPSA) is 35.8 Å². The van der Waals surface area contributed by atoms with Gasteiger partial charge in [0.15, 0.2) is 0 Å². The first-order valence-electron chi connectivity index (χ1n) is 5.65. The number of hydrogen-bond acceptors (Lipinski definition) is 2. The Balaban J connectivity index is 2.46. The molecule has 7 heteroatoms. The number of anilines is 2. The standard InChI is InChI=1S/C14H7BrF4N2/c15-10-2-1-3-12(9(10)7-20)21-13-6-8(14(17,18)19)4-5-11(13)16/h1-6,21H. The van der Waals surface area contributed by atoms with Crippen LogP contribution in [0.4, 0.5) is 28.9 Å². The third-order valence-corrected chi connectivity index (χ3v) is 3.35. The number of halogens is 5. The molecule has 0 aliphatic rings. The van der Waals surface area contributed by atoms with Gasteiger partial charge in [0.05, 0.1) is 22.5 Å². The van der Waals surface area contributed by atoms with Crippen molar-refractivity contribution in [1.82, 2.24) is 0 Å². The van der Waals surface area contributed by atoms with Gasteiger partial charge in [-0.2, -0.15) is 18.4 Å². The zero-order valence-electron chi connectivity index (χ0n) is 10.3. The Labute approximate surface area is 126 Å². The van der Waals surface area contributed by atoms with Gasteiger partial charge in [-0.25, -0.2) is 4.39 Å². The predicted molar refractivity (Wildman–Crippen MR) is 73.5 cm³/mol. The second-order valence-electron chi connectivity index (χ2n) is 4.09. The smallest absolute Gasteiger partial charge is 0.352 e. The lowest BCUT2D eigenvalue weighted by molar-refractivity contribution is -0.137. The predicted octanol–water partition coefficient (Wildman–Crippen LogP) is 5.22. The molecule has 2 aromatic carbocycles. The molecule has 2 nitrogen and oxygen atoms in total. The molecule has 0 saturated heterocycles. The van der Waals surface area contributed by atoms with Crippen molar-refractivity contribution in [3.05, 3.63) is 57.8 Å². The molecular formula is C14H7BrF4N2. The molecule has 21 heavy (non-hydrogen) atoms. The first-order valence-corrected chi connectivity index (χ1v) is 6.44. The number of alkyl halides is 3. The Kier molecular flexibility index (Phi) is 4.19. The Morgan fingerprint density at radius 1 is 1.10 bits per heavy atom. The van der Waals surface area contributed by atoms with Gasteiger partial charge >= 0.3 is 6.18 Å². The van der Waals surface area contributed by atoms with Gasteiger partial charge in [-0.15, -0.1) is 0 Å². The Morgan fingerprint density at radius 3 is 2.43 bits per heavy atom. The van der Waals surface area contributed by atoms with Crippen LogP contribution in [-0.4, -0.2) is 0 Å². The van der Waals surface area contributed by atoms with E-state index >= 15 is 0 Å². The van der Waals surface area contributed by atoms with E-state index in [0.29, 0.717) is 16.6 Å². The van der Waals surface area contributed by atoms with E-state index in [-0.39, 0.29) is 16.9 Å². The van der Waals surface area contributed by atoms with Crippen LogP contribution >= 0.6 is 15.9 Å². The first-order chi connectivity index (χ1) is 9.82. The van der Waals surface area contributed by atoms with Gasteiger partial charge in [-0.3, -0.25) is 0 Å². The SMILES string of the molecule is N#Cc1c(Br)cccc1Nc1cc(C(F)(F)F)ccc1F. The molecule has 0 amide bonds. The number of nitriles is 1. The van der Waals surface area contributed by atoms with Crippen LogP contribution in [0.1, 0.15) is 11.1 Å². The largest absolute Gasteiger partial charge is 0.416 e. The third kappa shape index (κ3) is 3.34. The number of rotatable bonds is 2. The summed E-state index contributed by atoms with van der Waals surface area (Å²) in [6, 6.07) is 8.61. The highest BCUT2D eigenvalue weighted by Gasteiger charge is 2.31. The van der Waals surface area contributed by atoms with Crippen molar-refractivity contribution in [3.8, 4) is 6.07 Å². The van der Waals surface area contributed by atoms with Crippen LogP contribution in [0.25, 0.3) is 0 Å². The maximum absolute atomic E-state index is 13.7. The first kappa shape index (κ1) is 15.3. The van der Waals surface area contributed by atoms with Crippen molar-refractivity contribution in [2.45, 2.75) is 6.18 Å². The van der Waals surface area contributed by atoms with E-state index in [1.165, 1.54) is 6.07 Å². The Morgan fingerprint density at radius 2 is 1.81 bits per heavy atom. The third-order valence-electron chi connectivity index (χ3n) is 2.69. The summed E-state index contributed by atoms with van der Waals surface area (Å²) in [6.07, 6.45) is -4.57. The van der Waals surface area contributed by atoms with Crippen molar-refractivity contribution in [2.75, 3.05) is 5.32 Å². The van der Waals surface area contributed by atoms with Gasteiger partial charge in [0.25, 0.3) is 0 Å². The summed E-state index contributed by atoms with van der Waals surface area (Å²) in [5.41, 5.74) is -0.932. The summed E-state index contributed by atoms with van der Waals surface area (Å²) >= 11 is 3.15. The molecule has 0 aliphatic carbocycles. The quantitative estimate of drug-likeness (QED) is 0.746. The zero-order chi connectivity index (χ0) is 15.6. The van der Waals surface area contributed by atoms with Crippen LogP contribution in [-0.2, 0) is 6.18 Å². The number of nitrogens with one attached hydrogen (secondary N) is 1. The second kappa shape index (κ2) is 5.74. The molecule has 108 valence electrons. The second-order valence-corrected chi connectivity index (χ2v) is 4.95. The van der Waals surface area contributed by atoms with Gasteiger partial charge in [-0.05, 0) is 46.3 Å². The Bertz CT molecular complexity index is 720. The van der Waals surface area contributed by atoms with Gasteiger partial charge in [0.1, 0.15) is 11.9 Å². The van der Waals surface area contributed by atoms with Crippen LogP contribution < -0.4 is 5.32 Å². The van der Waals surface area contributed by atoms with Crippen LogP contribution in [0.15, 0.2) is 40.9 Å². The zero-order valence-corrected chi connectivity index (χ0v) is 11.9. The number of nitrogens with zero attached hydrogens (tertiary/aromatic N) is 1. The molecule has 0 atom stereocenters. The monoisotopic (exact) mass is 358 g/mol. The van der Waals surface area contributed by atoms with E-state index in [9.17, 15) is 17.6 Å². The van der Waals surface area contributed by atoms with E-state index in [1.807, 2.05) is 6.07 Å². The van der Waals surface area contributed by atoms with Gasteiger partial charge in [0, 0.05) is 4.47 Å². The Hall–Kier alpha value is -2.07. The molecule has 0 heterocycles. The van der Waals surface area contributed by atoms with Crippen molar-refractivity contribution < 1.29 is 17.6 Å². The van der Waals surface area contributed by atoms with Crippen LogP contribution in [0.2, 0.25) is 0 Å². The summed E-state index contributed by atoms with van der Waals surface area (Å²) in [4.78, 5) is 0. The summed E-state index contributed by atoms with van der Waals surface area (Å²) < 4.78 is 52.0. The molecule has 0 aliphatic heterocycles. The molecule has 0 aromatic heterocycles. The molecule has 1 N–H and O–H groups in total. The number of hydrogen-bond donors (Lipinski definition) is 1. The minimum atomic E-state index is -4.57. The van der Waals surface area contributed by atoms with Gasteiger partial charge in [-0.1, -0.05) is 6.07 Å². The molecule has 2 aromatic rings. The highest BCUT2D eigenvalue weighted by atomic mass is 79.9. The maximum Gasteiger partial charge on any atom is 0.416 e. The summed E-state index contributed by atoms with van der Waals surface area (Å²) in [5, 5.41) is 11.6. The van der Waals surface area contributed by atoms with Crippen LogP contribution in [0.5, 0.6) is 0 Å². The average Bonchev–Trinajstić information content (AvgIpc) is 2.40. The lowest BCUT2D eigenvalue weighted by Gasteiger charge is -2.13. The van der Waals surface area contributed by atoms with Crippen LogP contribution in [0.3, 0.4) is 0 Å².